The van der Waals surface area contributed by atoms with Gasteiger partial charge >= 0.3 is 0 Å². The molecule has 5 nitrogen and oxygen atoms in total. The molecule has 2 aromatic heterocycles. The van der Waals surface area contributed by atoms with Crippen molar-refractivity contribution in [2.75, 3.05) is 0 Å². The van der Waals surface area contributed by atoms with E-state index in [2.05, 4.69) is 36.2 Å². The van der Waals surface area contributed by atoms with Crippen LogP contribution >= 0.6 is 27.5 Å². The molecule has 1 aromatic carbocycles. The molecule has 0 saturated carbocycles. The SMILES string of the molecule is Cn1nncc1/C=C(/Cl)c1nc2ccc(Br)cc2[nH]1. The summed E-state index contributed by atoms with van der Waals surface area (Å²) in [6.07, 6.45) is 3.41. The Bertz CT molecular complexity index is 773. The monoisotopic (exact) mass is 337 g/mol. The molecule has 0 spiro atoms. The van der Waals surface area contributed by atoms with Gasteiger partial charge in [-0.15, -0.1) is 5.10 Å². The van der Waals surface area contributed by atoms with Gasteiger partial charge in [0, 0.05) is 11.5 Å². The summed E-state index contributed by atoms with van der Waals surface area (Å²) in [6, 6.07) is 5.83. The van der Waals surface area contributed by atoms with Crippen molar-refractivity contribution in [1.29, 1.82) is 0 Å². The van der Waals surface area contributed by atoms with Gasteiger partial charge in [0.15, 0.2) is 0 Å². The predicted octanol–water partition coefficient (Wildman–Crippen LogP) is 3.19. The van der Waals surface area contributed by atoms with Crippen molar-refractivity contribution in [3.8, 4) is 0 Å². The molecule has 0 bridgehead atoms. The molecule has 7 heteroatoms. The maximum atomic E-state index is 6.27. The number of nitrogens with zero attached hydrogens (tertiary/aromatic N) is 4. The Balaban J connectivity index is 2.04. The van der Waals surface area contributed by atoms with Crippen molar-refractivity contribution in [2.45, 2.75) is 0 Å². The normalized spacial score (nSPS) is 12.3. The summed E-state index contributed by atoms with van der Waals surface area (Å²) in [7, 11) is 1.80. The standard InChI is InChI=1S/C12H9BrClN5/c1-19-8(6-15-18-19)5-9(14)12-16-10-3-2-7(13)4-11(10)17-12/h2-6H,1H3,(H,16,17)/b9-5+. The van der Waals surface area contributed by atoms with Gasteiger partial charge in [-0.05, 0) is 24.3 Å². The molecule has 1 N–H and O–H groups in total. The molecule has 2 heterocycles. The molecule has 0 amide bonds. The molecule has 96 valence electrons. The lowest BCUT2D eigenvalue weighted by molar-refractivity contribution is 0.709. The Morgan fingerprint density at radius 2 is 2.32 bits per heavy atom. The van der Waals surface area contributed by atoms with E-state index in [-0.39, 0.29) is 0 Å². The molecule has 0 fully saturated rings. The van der Waals surface area contributed by atoms with Gasteiger partial charge in [-0.1, -0.05) is 32.7 Å². The number of halogens is 2. The van der Waals surface area contributed by atoms with Crippen molar-refractivity contribution in [3.63, 3.8) is 0 Å². The average Bonchev–Trinajstić information content (AvgIpc) is 2.96. The average molecular weight is 339 g/mol. The van der Waals surface area contributed by atoms with Gasteiger partial charge < -0.3 is 4.98 Å². The van der Waals surface area contributed by atoms with Gasteiger partial charge in [-0.3, -0.25) is 0 Å². The van der Waals surface area contributed by atoms with E-state index >= 15 is 0 Å². The van der Waals surface area contributed by atoms with E-state index in [1.165, 1.54) is 0 Å². The first-order valence-corrected chi connectivity index (χ1v) is 6.68. The van der Waals surface area contributed by atoms with Crippen molar-refractivity contribution >= 4 is 49.7 Å². The lowest BCUT2D eigenvalue weighted by atomic mass is 10.3. The summed E-state index contributed by atoms with van der Waals surface area (Å²) < 4.78 is 2.63. The highest BCUT2D eigenvalue weighted by Crippen LogP contribution is 2.24. The molecule has 0 aliphatic heterocycles. The molecule has 0 atom stereocenters. The van der Waals surface area contributed by atoms with Crippen LogP contribution in [0.1, 0.15) is 11.5 Å². The lowest BCUT2D eigenvalue weighted by Crippen LogP contribution is -1.93. The fourth-order valence-corrected chi connectivity index (χ4v) is 2.28. The van der Waals surface area contributed by atoms with Gasteiger partial charge in [-0.2, -0.15) is 0 Å². The van der Waals surface area contributed by atoms with E-state index in [4.69, 9.17) is 11.6 Å². The van der Waals surface area contributed by atoms with Crippen LogP contribution in [0.3, 0.4) is 0 Å². The largest absolute Gasteiger partial charge is 0.337 e. The van der Waals surface area contributed by atoms with Crippen LogP contribution in [-0.2, 0) is 7.05 Å². The summed E-state index contributed by atoms with van der Waals surface area (Å²) in [4.78, 5) is 7.61. The molecular formula is C12H9BrClN5. The topological polar surface area (TPSA) is 59.4 Å². The number of nitrogens with one attached hydrogen (secondary N) is 1. The number of fused-ring (bicyclic) bond motifs is 1. The van der Waals surface area contributed by atoms with Gasteiger partial charge in [0.2, 0.25) is 0 Å². The van der Waals surface area contributed by atoms with Crippen molar-refractivity contribution in [3.05, 3.63) is 40.4 Å². The third-order valence-corrected chi connectivity index (χ3v) is 3.48. The van der Waals surface area contributed by atoms with Crippen LogP contribution in [0.4, 0.5) is 0 Å². The van der Waals surface area contributed by atoms with Crippen molar-refractivity contribution in [2.24, 2.45) is 7.05 Å². The van der Waals surface area contributed by atoms with E-state index in [0.29, 0.717) is 10.9 Å². The molecule has 0 unspecified atom stereocenters. The molecule has 3 rings (SSSR count). The zero-order chi connectivity index (χ0) is 13.4. The smallest absolute Gasteiger partial charge is 0.150 e. The molecule has 3 aromatic rings. The number of rotatable bonds is 2. The van der Waals surface area contributed by atoms with Crippen LogP contribution < -0.4 is 0 Å². The Morgan fingerprint density at radius 1 is 1.47 bits per heavy atom. The number of hydrogen-bond acceptors (Lipinski definition) is 3. The molecule has 0 aliphatic rings. The molecule has 19 heavy (non-hydrogen) atoms. The first kappa shape index (κ1) is 12.4. The van der Waals surface area contributed by atoms with Gasteiger partial charge in [0.25, 0.3) is 0 Å². The first-order chi connectivity index (χ1) is 9.13. The minimum absolute atomic E-state index is 0.512. The first-order valence-electron chi connectivity index (χ1n) is 5.51. The zero-order valence-corrected chi connectivity index (χ0v) is 12.3. The molecule has 0 radical (unpaired) electrons. The van der Waals surface area contributed by atoms with Crippen LogP contribution in [0.2, 0.25) is 0 Å². The summed E-state index contributed by atoms with van der Waals surface area (Å²) in [6.45, 7) is 0. The fraction of sp³-hybridized carbons (Fsp3) is 0.0833. The number of aryl methyl sites for hydroxylation is 1. The van der Waals surface area contributed by atoms with E-state index in [0.717, 1.165) is 21.2 Å². The van der Waals surface area contributed by atoms with E-state index in [1.807, 2.05) is 18.2 Å². The van der Waals surface area contributed by atoms with Crippen molar-refractivity contribution < 1.29 is 0 Å². The molecule has 0 aliphatic carbocycles. The molecular weight excluding hydrogens is 330 g/mol. The Morgan fingerprint density at radius 3 is 3.05 bits per heavy atom. The quantitative estimate of drug-likeness (QED) is 0.780. The zero-order valence-electron chi connectivity index (χ0n) is 9.93. The highest BCUT2D eigenvalue weighted by atomic mass is 79.9. The number of hydrogen-bond donors (Lipinski definition) is 1. The van der Waals surface area contributed by atoms with Crippen LogP contribution in [0.5, 0.6) is 0 Å². The lowest BCUT2D eigenvalue weighted by Gasteiger charge is -1.94. The summed E-state index contributed by atoms with van der Waals surface area (Å²) >= 11 is 9.69. The Hall–Kier alpha value is -1.66. The maximum Gasteiger partial charge on any atom is 0.150 e. The van der Waals surface area contributed by atoms with Crippen LogP contribution in [0.25, 0.3) is 22.1 Å². The summed E-state index contributed by atoms with van der Waals surface area (Å²) in [5.41, 5.74) is 2.61. The summed E-state index contributed by atoms with van der Waals surface area (Å²) in [5, 5.41) is 8.15. The number of imidazole rings is 1. The fourth-order valence-electron chi connectivity index (χ4n) is 1.72. The highest BCUT2D eigenvalue weighted by Gasteiger charge is 2.07. The summed E-state index contributed by atoms with van der Waals surface area (Å²) in [5.74, 6) is 0.621. The van der Waals surface area contributed by atoms with E-state index < -0.39 is 0 Å². The third-order valence-electron chi connectivity index (χ3n) is 2.69. The second kappa shape index (κ2) is 4.79. The highest BCUT2D eigenvalue weighted by molar-refractivity contribution is 9.10. The van der Waals surface area contributed by atoms with Crippen molar-refractivity contribution in [1.82, 2.24) is 25.0 Å². The van der Waals surface area contributed by atoms with Gasteiger partial charge in [0.05, 0.1) is 28.0 Å². The number of benzene rings is 1. The Kier molecular flexibility index (Phi) is 3.12. The Labute approximate surface area is 122 Å². The molecule has 0 saturated heterocycles. The minimum atomic E-state index is 0.512. The second-order valence-electron chi connectivity index (χ2n) is 4.02. The number of aromatic amines is 1. The van der Waals surface area contributed by atoms with Gasteiger partial charge in [0.1, 0.15) is 5.82 Å². The number of H-pyrrole nitrogens is 1. The van der Waals surface area contributed by atoms with Crippen LogP contribution in [-0.4, -0.2) is 25.0 Å². The predicted molar refractivity (Wildman–Crippen MR) is 78.5 cm³/mol. The van der Waals surface area contributed by atoms with E-state index in [9.17, 15) is 0 Å². The third kappa shape index (κ3) is 2.41. The van der Waals surface area contributed by atoms with E-state index in [1.54, 1.807) is 24.0 Å². The van der Waals surface area contributed by atoms with Gasteiger partial charge in [-0.25, -0.2) is 9.67 Å². The second-order valence-corrected chi connectivity index (χ2v) is 5.34. The minimum Gasteiger partial charge on any atom is -0.337 e. The number of aromatic nitrogens is 5. The maximum absolute atomic E-state index is 6.27. The van der Waals surface area contributed by atoms with Crippen LogP contribution in [0.15, 0.2) is 28.9 Å². The van der Waals surface area contributed by atoms with Crippen LogP contribution in [0, 0.1) is 0 Å².